The lowest BCUT2D eigenvalue weighted by atomic mass is 10.1. The van der Waals surface area contributed by atoms with E-state index in [1.807, 2.05) is 0 Å². The number of carboxylic acids is 1. The van der Waals surface area contributed by atoms with Crippen molar-refractivity contribution >= 4 is 17.6 Å². The Kier molecular flexibility index (Phi) is 3.04. The number of nitrogens with zero attached hydrogens (tertiary/aromatic N) is 1. The van der Waals surface area contributed by atoms with Crippen molar-refractivity contribution in [2.75, 3.05) is 0 Å². The summed E-state index contributed by atoms with van der Waals surface area (Å²) in [6, 6.07) is 1.53. The molecular formula is C11H6ClF2NO3. The van der Waals surface area contributed by atoms with Crippen LogP contribution in [0.25, 0.3) is 11.3 Å². The first kappa shape index (κ1) is 12.5. The van der Waals surface area contributed by atoms with E-state index in [-0.39, 0.29) is 22.6 Å². The summed E-state index contributed by atoms with van der Waals surface area (Å²) in [6.45, 7) is 1.37. The average Bonchev–Trinajstić information content (AvgIpc) is 2.65. The zero-order valence-electron chi connectivity index (χ0n) is 9.00. The van der Waals surface area contributed by atoms with Crippen molar-refractivity contribution in [3.05, 3.63) is 40.1 Å². The van der Waals surface area contributed by atoms with Gasteiger partial charge in [-0.15, -0.1) is 0 Å². The molecule has 4 nitrogen and oxygen atoms in total. The Morgan fingerprint density at radius 1 is 1.39 bits per heavy atom. The van der Waals surface area contributed by atoms with Gasteiger partial charge in [0.05, 0.1) is 5.02 Å². The molecule has 1 heterocycles. The first-order valence-corrected chi connectivity index (χ1v) is 5.14. The Morgan fingerprint density at radius 3 is 2.67 bits per heavy atom. The van der Waals surface area contributed by atoms with Crippen LogP contribution in [0, 0.1) is 18.6 Å². The number of halogens is 3. The summed E-state index contributed by atoms with van der Waals surface area (Å²) in [4.78, 5) is 11.0. The van der Waals surface area contributed by atoms with Crippen molar-refractivity contribution in [3.8, 4) is 11.3 Å². The fourth-order valence-corrected chi connectivity index (χ4v) is 1.66. The molecule has 0 saturated carbocycles. The van der Waals surface area contributed by atoms with Crippen LogP contribution in [0.1, 0.15) is 16.1 Å². The Morgan fingerprint density at radius 2 is 2.06 bits per heavy atom. The molecule has 0 bridgehead atoms. The highest BCUT2D eigenvalue weighted by molar-refractivity contribution is 6.30. The summed E-state index contributed by atoms with van der Waals surface area (Å²) in [7, 11) is 0. The number of hydrogen-bond acceptors (Lipinski definition) is 3. The maximum atomic E-state index is 13.6. The van der Waals surface area contributed by atoms with E-state index in [0.717, 1.165) is 12.1 Å². The summed E-state index contributed by atoms with van der Waals surface area (Å²) in [5.74, 6) is -3.08. The second-order valence-corrected chi connectivity index (χ2v) is 3.92. The van der Waals surface area contributed by atoms with Crippen molar-refractivity contribution in [1.29, 1.82) is 0 Å². The number of hydrogen-bond donors (Lipinski definition) is 1. The van der Waals surface area contributed by atoms with Gasteiger partial charge < -0.3 is 9.63 Å². The molecule has 0 fully saturated rings. The summed E-state index contributed by atoms with van der Waals surface area (Å²) < 4.78 is 31.6. The van der Waals surface area contributed by atoms with Crippen LogP contribution >= 0.6 is 11.6 Å². The Bertz CT molecular complexity index is 639. The minimum atomic E-state index is -1.33. The van der Waals surface area contributed by atoms with Gasteiger partial charge in [0.2, 0.25) is 0 Å². The predicted molar refractivity (Wildman–Crippen MR) is 58.6 cm³/mol. The van der Waals surface area contributed by atoms with Gasteiger partial charge in [-0.3, -0.25) is 0 Å². The highest BCUT2D eigenvalue weighted by Crippen LogP contribution is 2.30. The lowest BCUT2D eigenvalue weighted by Crippen LogP contribution is -2.00. The molecule has 0 amide bonds. The average molecular weight is 274 g/mol. The third-order valence-corrected chi connectivity index (χ3v) is 2.63. The maximum absolute atomic E-state index is 13.6. The van der Waals surface area contributed by atoms with Crippen LogP contribution in [0.4, 0.5) is 8.78 Å². The van der Waals surface area contributed by atoms with Gasteiger partial charge in [0.1, 0.15) is 28.7 Å². The Balaban J connectivity index is 2.70. The summed E-state index contributed by atoms with van der Waals surface area (Å²) in [5, 5.41) is 12.0. The number of aromatic nitrogens is 1. The van der Waals surface area contributed by atoms with E-state index in [2.05, 4.69) is 9.68 Å². The fourth-order valence-electron chi connectivity index (χ4n) is 1.51. The Labute approximate surface area is 105 Å². The monoisotopic (exact) mass is 273 g/mol. The molecule has 2 aromatic rings. The molecule has 0 atom stereocenters. The number of carbonyl (C=O) groups is 1. The van der Waals surface area contributed by atoms with Crippen LogP contribution in [0.15, 0.2) is 16.7 Å². The van der Waals surface area contributed by atoms with Crippen molar-refractivity contribution < 1.29 is 23.2 Å². The molecule has 18 heavy (non-hydrogen) atoms. The SMILES string of the molecule is Cc1onc(-c2cc(F)c(Cl)cc2F)c1C(=O)O. The number of rotatable bonds is 2. The molecule has 0 aliphatic carbocycles. The van der Waals surface area contributed by atoms with E-state index in [9.17, 15) is 13.6 Å². The molecular weight excluding hydrogens is 268 g/mol. The quantitative estimate of drug-likeness (QED) is 0.853. The van der Waals surface area contributed by atoms with Crippen LogP contribution < -0.4 is 0 Å². The van der Waals surface area contributed by atoms with Gasteiger partial charge >= 0.3 is 5.97 Å². The van der Waals surface area contributed by atoms with Gasteiger partial charge in [0.15, 0.2) is 0 Å². The first-order chi connectivity index (χ1) is 8.41. The van der Waals surface area contributed by atoms with Crippen molar-refractivity contribution in [2.45, 2.75) is 6.92 Å². The van der Waals surface area contributed by atoms with Crippen molar-refractivity contribution in [2.24, 2.45) is 0 Å². The molecule has 7 heteroatoms. The summed E-state index contributed by atoms with van der Waals surface area (Å²) in [6.07, 6.45) is 0. The fraction of sp³-hybridized carbons (Fsp3) is 0.0909. The Hall–Kier alpha value is -1.95. The third-order valence-electron chi connectivity index (χ3n) is 2.34. The maximum Gasteiger partial charge on any atom is 0.341 e. The first-order valence-electron chi connectivity index (χ1n) is 4.76. The summed E-state index contributed by atoms with van der Waals surface area (Å²) >= 11 is 5.41. The number of aryl methyl sites for hydroxylation is 1. The molecule has 1 N–H and O–H groups in total. The smallest absolute Gasteiger partial charge is 0.341 e. The van der Waals surface area contributed by atoms with E-state index < -0.39 is 22.6 Å². The van der Waals surface area contributed by atoms with Gasteiger partial charge in [0.25, 0.3) is 0 Å². The van der Waals surface area contributed by atoms with E-state index in [1.54, 1.807) is 0 Å². The lowest BCUT2D eigenvalue weighted by Gasteiger charge is -2.02. The topological polar surface area (TPSA) is 63.3 Å². The molecule has 1 aromatic heterocycles. The lowest BCUT2D eigenvalue weighted by molar-refractivity contribution is 0.0695. The molecule has 0 spiro atoms. The highest BCUT2D eigenvalue weighted by atomic mass is 35.5. The third kappa shape index (κ3) is 1.95. The molecule has 0 radical (unpaired) electrons. The van der Waals surface area contributed by atoms with E-state index >= 15 is 0 Å². The molecule has 1 aromatic carbocycles. The van der Waals surface area contributed by atoms with Gasteiger partial charge in [0, 0.05) is 5.56 Å². The van der Waals surface area contributed by atoms with Gasteiger partial charge in [-0.1, -0.05) is 16.8 Å². The summed E-state index contributed by atoms with van der Waals surface area (Å²) in [5.41, 5.74) is -0.894. The van der Waals surface area contributed by atoms with E-state index in [0.29, 0.717) is 0 Å². The van der Waals surface area contributed by atoms with Crippen LogP contribution in [-0.4, -0.2) is 16.2 Å². The van der Waals surface area contributed by atoms with E-state index in [4.69, 9.17) is 16.7 Å². The molecule has 0 aliphatic rings. The van der Waals surface area contributed by atoms with E-state index in [1.165, 1.54) is 6.92 Å². The van der Waals surface area contributed by atoms with Gasteiger partial charge in [-0.05, 0) is 19.1 Å². The molecule has 2 rings (SSSR count). The largest absolute Gasteiger partial charge is 0.477 e. The number of benzene rings is 1. The molecule has 0 aliphatic heterocycles. The van der Waals surface area contributed by atoms with Gasteiger partial charge in [-0.2, -0.15) is 0 Å². The zero-order valence-corrected chi connectivity index (χ0v) is 9.76. The van der Waals surface area contributed by atoms with Crippen LogP contribution in [-0.2, 0) is 0 Å². The highest BCUT2D eigenvalue weighted by Gasteiger charge is 2.24. The molecule has 94 valence electrons. The minimum Gasteiger partial charge on any atom is -0.477 e. The normalized spacial score (nSPS) is 10.7. The minimum absolute atomic E-state index is 0.00672. The standard InChI is InChI=1S/C11H6ClF2NO3/c1-4-9(11(16)17)10(15-18-4)5-2-8(14)6(12)3-7(5)13/h2-3H,1H3,(H,16,17). The predicted octanol–water partition coefficient (Wildman–Crippen LogP) is 3.28. The molecule has 0 unspecified atom stereocenters. The zero-order chi connectivity index (χ0) is 13.4. The van der Waals surface area contributed by atoms with Crippen LogP contribution in [0.3, 0.4) is 0 Å². The number of carboxylic acid groups (broad SMARTS) is 1. The second kappa shape index (κ2) is 4.38. The van der Waals surface area contributed by atoms with Crippen LogP contribution in [0.5, 0.6) is 0 Å². The number of aromatic carboxylic acids is 1. The van der Waals surface area contributed by atoms with Crippen molar-refractivity contribution in [1.82, 2.24) is 5.16 Å². The molecule has 0 saturated heterocycles. The van der Waals surface area contributed by atoms with Crippen LogP contribution in [0.2, 0.25) is 5.02 Å². The van der Waals surface area contributed by atoms with Gasteiger partial charge in [-0.25, -0.2) is 13.6 Å². The van der Waals surface area contributed by atoms with Crippen molar-refractivity contribution in [3.63, 3.8) is 0 Å². The second-order valence-electron chi connectivity index (χ2n) is 3.51.